The van der Waals surface area contributed by atoms with Crippen LogP contribution < -0.4 is 5.32 Å². The Hall–Kier alpha value is -2.95. The van der Waals surface area contributed by atoms with E-state index in [-0.39, 0.29) is 11.9 Å². The SMILES string of the molecule is Cc1noc(C)c1CCC(=O)NC(c1ccccc1)c1ccccn1. The lowest BCUT2D eigenvalue weighted by Crippen LogP contribution is -2.30. The number of nitrogens with one attached hydrogen (secondary N) is 1. The van der Waals surface area contributed by atoms with Crippen LogP contribution in [0.25, 0.3) is 0 Å². The number of carbonyl (C=O) groups is 1. The van der Waals surface area contributed by atoms with Gasteiger partial charge in [0.1, 0.15) is 5.76 Å². The van der Waals surface area contributed by atoms with E-state index < -0.39 is 0 Å². The highest BCUT2D eigenvalue weighted by Gasteiger charge is 2.18. The molecule has 1 N–H and O–H groups in total. The second kappa shape index (κ2) is 7.75. The van der Waals surface area contributed by atoms with E-state index in [9.17, 15) is 4.79 Å². The quantitative estimate of drug-likeness (QED) is 0.748. The maximum Gasteiger partial charge on any atom is 0.221 e. The highest BCUT2D eigenvalue weighted by atomic mass is 16.5. The molecule has 0 spiro atoms. The molecular formula is C20H21N3O2. The molecule has 5 nitrogen and oxygen atoms in total. The highest BCUT2D eigenvalue weighted by molar-refractivity contribution is 5.77. The third-order valence-corrected chi connectivity index (χ3v) is 4.21. The van der Waals surface area contributed by atoms with Crippen molar-refractivity contribution in [2.75, 3.05) is 0 Å². The van der Waals surface area contributed by atoms with Gasteiger partial charge in [0.15, 0.2) is 0 Å². The summed E-state index contributed by atoms with van der Waals surface area (Å²) in [6.07, 6.45) is 2.72. The van der Waals surface area contributed by atoms with Crippen LogP contribution in [0.5, 0.6) is 0 Å². The third kappa shape index (κ3) is 4.12. The fraction of sp³-hybridized carbons (Fsp3) is 0.250. The predicted molar refractivity (Wildman–Crippen MR) is 95.0 cm³/mol. The Labute approximate surface area is 147 Å². The maximum atomic E-state index is 12.5. The van der Waals surface area contributed by atoms with E-state index >= 15 is 0 Å². The van der Waals surface area contributed by atoms with E-state index in [1.54, 1.807) is 6.20 Å². The van der Waals surface area contributed by atoms with Crippen LogP contribution in [0.2, 0.25) is 0 Å². The zero-order valence-corrected chi connectivity index (χ0v) is 14.4. The van der Waals surface area contributed by atoms with Crippen LogP contribution in [0.3, 0.4) is 0 Å². The van der Waals surface area contributed by atoms with Crippen molar-refractivity contribution in [3.05, 3.63) is 83.0 Å². The topological polar surface area (TPSA) is 68.0 Å². The molecule has 2 aromatic heterocycles. The summed E-state index contributed by atoms with van der Waals surface area (Å²) < 4.78 is 5.16. The molecule has 0 bridgehead atoms. The molecule has 1 amide bonds. The van der Waals surface area contributed by atoms with Crippen LogP contribution in [0.1, 0.15) is 40.7 Å². The molecule has 2 heterocycles. The Morgan fingerprint density at radius 2 is 1.88 bits per heavy atom. The molecule has 0 aliphatic rings. The van der Waals surface area contributed by atoms with Gasteiger partial charge in [-0.25, -0.2) is 0 Å². The van der Waals surface area contributed by atoms with E-state index in [4.69, 9.17) is 4.52 Å². The molecule has 0 radical (unpaired) electrons. The van der Waals surface area contributed by atoms with Crippen molar-refractivity contribution in [1.82, 2.24) is 15.5 Å². The summed E-state index contributed by atoms with van der Waals surface area (Å²) in [7, 11) is 0. The van der Waals surface area contributed by atoms with Gasteiger partial charge in [0.2, 0.25) is 5.91 Å². The van der Waals surface area contributed by atoms with Crippen LogP contribution in [0.4, 0.5) is 0 Å². The van der Waals surface area contributed by atoms with Crippen LogP contribution in [0.15, 0.2) is 59.3 Å². The normalized spacial score (nSPS) is 11.9. The minimum atomic E-state index is -0.264. The van der Waals surface area contributed by atoms with Crippen molar-refractivity contribution in [3.8, 4) is 0 Å². The number of hydrogen-bond acceptors (Lipinski definition) is 4. The monoisotopic (exact) mass is 335 g/mol. The summed E-state index contributed by atoms with van der Waals surface area (Å²) in [6, 6.07) is 15.3. The third-order valence-electron chi connectivity index (χ3n) is 4.21. The van der Waals surface area contributed by atoms with Crippen molar-refractivity contribution in [2.24, 2.45) is 0 Å². The maximum absolute atomic E-state index is 12.5. The molecule has 0 aliphatic heterocycles. The lowest BCUT2D eigenvalue weighted by atomic mass is 10.0. The largest absolute Gasteiger partial charge is 0.361 e. The molecule has 1 aromatic carbocycles. The number of pyridine rings is 1. The number of rotatable bonds is 6. The number of amides is 1. The molecule has 128 valence electrons. The number of nitrogens with zero attached hydrogens (tertiary/aromatic N) is 2. The standard InChI is InChI=1S/C20H21N3O2/c1-14-17(15(2)25-23-14)11-12-19(24)22-20(16-8-4-3-5-9-16)18-10-6-7-13-21-18/h3-10,13,20H,11-12H2,1-2H3,(H,22,24). The van der Waals surface area contributed by atoms with E-state index in [0.29, 0.717) is 12.8 Å². The van der Waals surface area contributed by atoms with Gasteiger partial charge in [0.05, 0.1) is 17.4 Å². The van der Waals surface area contributed by atoms with Crippen molar-refractivity contribution < 1.29 is 9.32 Å². The van der Waals surface area contributed by atoms with E-state index in [2.05, 4.69) is 15.5 Å². The number of hydrogen-bond donors (Lipinski definition) is 1. The Morgan fingerprint density at radius 1 is 1.12 bits per heavy atom. The fourth-order valence-corrected chi connectivity index (χ4v) is 2.85. The van der Waals surface area contributed by atoms with Crippen LogP contribution >= 0.6 is 0 Å². The molecule has 5 heteroatoms. The minimum Gasteiger partial charge on any atom is -0.361 e. The van der Waals surface area contributed by atoms with Crippen molar-refractivity contribution in [1.29, 1.82) is 0 Å². The summed E-state index contributed by atoms with van der Waals surface area (Å²) in [5.41, 5.74) is 3.67. The average molecular weight is 335 g/mol. The second-order valence-corrected chi connectivity index (χ2v) is 5.97. The van der Waals surface area contributed by atoms with Gasteiger partial charge < -0.3 is 9.84 Å². The van der Waals surface area contributed by atoms with Crippen LogP contribution in [-0.4, -0.2) is 16.0 Å². The lowest BCUT2D eigenvalue weighted by Gasteiger charge is -2.19. The van der Waals surface area contributed by atoms with Gasteiger partial charge >= 0.3 is 0 Å². The summed E-state index contributed by atoms with van der Waals surface area (Å²) >= 11 is 0. The van der Waals surface area contributed by atoms with E-state index in [1.807, 2.05) is 62.4 Å². The first-order valence-electron chi connectivity index (χ1n) is 8.32. The number of benzene rings is 1. The van der Waals surface area contributed by atoms with Gasteiger partial charge in [-0.05, 0) is 38.0 Å². The lowest BCUT2D eigenvalue weighted by molar-refractivity contribution is -0.121. The smallest absolute Gasteiger partial charge is 0.221 e. The van der Waals surface area contributed by atoms with Crippen molar-refractivity contribution >= 4 is 5.91 Å². The van der Waals surface area contributed by atoms with E-state index in [0.717, 1.165) is 28.3 Å². The van der Waals surface area contributed by atoms with Gasteiger partial charge in [-0.15, -0.1) is 0 Å². The van der Waals surface area contributed by atoms with Gasteiger partial charge in [-0.3, -0.25) is 9.78 Å². The molecule has 25 heavy (non-hydrogen) atoms. The van der Waals surface area contributed by atoms with Crippen LogP contribution in [-0.2, 0) is 11.2 Å². The summed E-state index contributed by atoms with van der Waals surface area (Å²) in [5, 5.41) is 7.03. The molecule has 1 atom stereocenters. The number of aromatic nitrogens is 2. The number of aryl methyl sites for hydroxylation is 2. The molecule has 1 unspecified atom stereocenters. The molecule has 0 saturated carbocycles. The second-order valence-electron chi connectivity index (χ2n) is 5.97. The highest BCUT2D eigenvalue weighted by Crippen LogP contribution is 2.20. The average Bonchev–Trinajstić information content (AvgIpc) is 2.97. The van der Waals surface area contributed by atoms with E-state index in [1.165, 1.54) is 0 Å². The summed E-state index contributed by atoms with van der Waals surface area (Å²) in [4.78, 5) is 16.9. The molecule has 0 saturated heterocycles. The van der Waals surface area contributed by atoms with Gasteiger partial charge in [0.25, 0.3) is 0 Å². The number of carbonyl (C=O) groups excluding carboxylic acids is 1. The fourth-order valence-electron chi connectivity index (χ4n) is 2.85. The Morgan fingerprint density at radius 3 is 2.52 bits per heavy atom. The van der Waals surface area contributed by atoms with Gasteiger partial charge in [0, 0.05) is 18.2 Å². The molecular weight excluding hydrogens is 314 g/mol. The molecule has 0 fully saturated rings. The van der Waals surface area contributed by atoms with Gasteiger partial charge in [-0.2, -0.15) is 0 Å². The molecule has 3 rings (SSSR count). The first-order chi connectivity index (χ1) is 12.1. The zero-order valence-electron chi connectivity index (χ0n) is 14.4. The first-order valence-corrected chi connectivity index (χ1v) is 8.32. The Balaban J connectivity index is 1.73. The first kappa shape index (κ1) is 16.9. The van der Waals surface area contributed by atoms with Crippen LogP contribution in [0, 0.1) is 13.8 Å². The van der Waals surface area contributed by atoms with Crippen molar-refractivity contribution in [2.45, 2.75) is 32.7 Å². The minimum absolute atomic E-state index is 0.0282. The zero-order chi connectivity index (χ0) is 17.6. The van der Waals surface area contributed by atoms with Gasteiger partial charge in [-0.1, -0.05) is 41.6 Å². The predicted octanol–water partition coefficient (Wildman–Crippen LogP) is 3.52. The molecule has 0 aliphatic carbocycles. The van der Waals surface area contributed by atoms with Crippen molar-refractivity contribution in [3.63, 3.8) is 0 Å². The molecule has 3 aromatic rings. The Bertz CT molecular complexity index is 770. The summed E-state index contributed by atoms with van der Waals surface area (Å²) in [5.74, 6) is 0.745. The summed E-state index contributed by atoms with van der Waals surface area (Å²) in [6.45, 7) is 3.76. The Kier molecular flexibility index (Phi) is 5.23.